The molecule has 2 rings (SSSR count). The van der Waals surface area contributed by atoms with Gasteiger partial charge < -0.3 is 0 Å². The monoisotopic (exact) mass is 288 g/mol. The number of thiocarbonyl (C=S) groups is 1. The average molecular weight is 288 g/mol. The second-order valence-corrected chi connectivity index (χ2v) is 4.92. The van der Waals surface area contributed by atoms with Crippen LogP contribution in [0.3, 0.4) is 0 Å². The average Bonchev–Trinajstić information content (AvgIpc) is 2.46. The Morgan fingerprint density at radius 3 is 2.05 bits per heavy atom. The molecule has 0 aliphatic rings. The molecule has 5 heteroatoms. The molecule has 0 radical (unpaired) electrons. The summed E-state index contributed by atoms with van der Waals surface area (Å²) in [5.74, 6) is -0.191. The highest BCUT2D eigenvalue weighted by atomic mass is 32.1. The molecule has 0 bridgehead atoms. The highest BCUT2D eigenvalue weighted by molar-refractivity contribution is 8.11. The molecule has 0 unspecified atom stereocenters. The van der Waals surface area contributed by atoms with E-state index in [-0.39, 0.29) is 10.2 Å². The lowest BCUT2D eigenvalue weighted by Gasteiger charge is -2.23. The molecule has 0 spiro atoms. The van der Waals surface area contributed by atoms with Gasteiger partial charge in [-0.2, -0.15) is 0 Å². The number of para-hydroxylation sites is 1. The maximum Gasteiger partial charge on any atom is 0.276 e. The Morgan fingerprint density at radius 1 is 1.00 bits per heavy atom. The van der Waals surface area contributed by atoms with Crippen molar-refractivity contribution in [2.75, 3.05) is 5.01 Å². The summed E-state index contributed by atoms with van der Waals surface area (Å²) in [4.78, 5) is 12.5. The zero-order chi connectivity index (χ0) is 13.7. The van der Waals surface area contributed by atoms with Gasteiger partial charge in [-0.15, -0.1) is 12.6 Å². The van der Waals surface area contributed by atoms with E-state index in [1.54, 1.807) is 12.1 Å². The summed E-state index contributed by atoms with van der Waals surface area (Å²) >= 11 is 8.92. The molecule has 0 aromatic heterocycles. The lowest BCUT2D eigenvalue weighted by Crippen LogP contribution is -2.44. The first-order chi connectivity index (χ1) is 9.18. The van der Waals surface area contributed by atoms with Gasteiger partial charge in [-0.3, -0.25) is 10.2 Å². The van der Waals surface area contributed by atoms with Gasteiger partial charge in [0, 0.05) is 5.56 Å². The lowest BCUT2D eigenvalue weighted by molar-refractivity contribution is 0.0981. The number of hydrogen-bond donors (Lipinski definition) is 2. The minimum absolute atomic E-state index is 0.191. The van der Waals surface area contributed by atoms with Crippen LogP contribution >= 0.6 is 24.8 Å². The normalized spacial score (nSPS) is 9.74. The minimum Gasteiger partial charge on any atom is -0.275 e. The fourth-order valence-electron chi connectivity index (χ4n) is 1.62. The molecule has 96 valence electrons. The molecule has 19 heavy (non-hydrogen) atoms. The third kappa shape index (κ3) is 3.56. The number of nitrogens with one attached hydrogen (secondary N) is 1. The summed E-state index contributed by atoms with van der Waals surface area (Å²) in [6.07, 6.45) is 0. The van der Waals surface area contributed by atoms with Crippen molar-refractivity contribution < 1.29 is 4.79 Å². The van der Waals surface area contributed by atoms with Gasteiger partial charge in [-0.05, 0) is 24.3 Å². The van der Waals surface area contributed by atoms with Gasteiger partial charge >= 0.3 is 0 Å². The van der Waals surface area contributed by atoms with Crippen LogP contribution in [0.5, 0.6) is 0 Å². The van der Waals surface area contributed by atoms with E-state index in [9.17, 15) is 4.79 Å². The predicted molar refractivity (Wildman–Crippen MR) is 84.4 cm³/mol. The van der Waals surface area contributed by atoms with Crippen LogP contribution in [-0.4, -0.2) is 10.2 Å². The van der Waals surface area contributed by atoms with Crippen molar-refractivity contribution in [3.8, 4) is 0 Å². The number of nitrogens with zero attached hydrogens (tertiary/aromatic N) is 1. The molecule has 0 saturated carbocycles. The second kappa shape index (κ2) is 6.36. The molecule has 0 aliphatic heterocycles. The summed E-state index contributed by atoms with van der Waals surface area (Å²) in [7, 11) is 0. The lowest BCUT2D eigenvalue weighted by atomic mass is 10.2. The summed E-state index contributed by atoms with van der Waals surface area (Å²) in [5, 5.41) is 1.38. The van der Waals surface area contributed by atoms with Crippen LogP contribution in [0.15, 0.2) is 60.7 Å². The predicted octanol–water partition coefficient (Wildman–Crippen LogP) is 3.05. The third-order valence-electron chi connectivity index (χ3n) is 2.45. The van der Waals surface area contributed by atoms with Crippen molar-refractivity contribution in [1.29, 1.82) is 0 Å². The maximum atomic E-state index is 12.5. The van der Waals surface area contributed by atoms with Crippen molar-refractivity contribution >= 4 is 40.8 Å². The van der Waals surface area contributed by atoms with E-state index >= 15 is 0 Å². The van der Waals surface area contributed by atoms with E-state index in [4.69, 9.17) is 12.2 Å². The van der Waals surface area contributed by atoms with Gasteiger partial charge in [0.2, 0.25) is 0 Å². The van der Waals surface area contributed by atoms with Crippen molar-refractivity contribution in [2.24, 2.45) is 0 Å². The van der Waals surface area contributed by atoms with Gasteiger partial charge in [-0.25, -0.2) is 5.01 Å². The molecule has 0 atom stereocenters. The van der Waals surface area contributed by atoms with Gasteiger partial charge in [0.15, 0.2) is 0 Å². The SMILES string of the molecule is O=C(c1ccccc1)N(NC(=S)S)c1ccccc1. The number of benzene rings is 2. The molecular formula is C14H12N2OS2. The van der Waals surface area contributed by atoms with E-state index in [1.165, 1.54) is 5.01 Å². The first-order valence-electron chi connectivity index (χ1n) is 5.62. The third-order valence-corrected chi connectivity index (χ3v) is 2.64. The maximum absolute atomic E-state index is 12.5. The molecule has 2 aromatic carbocycles. The van der Waals surface area contributed by atoms with E-state index in [0.717, 1.165) is 0 Å². The molecule has 2 aromatic rings. The van der Waals surface area contributed by atoms with E-state index < -0.39 is 0 Å². The van der Waals surface area contributed by atoms with Crippen LogP contribution in [0.4, 0.5) is 5.69 Å². The topological polar surface area (TPSA) is 32.3 Å². The number of hydrogen-bond acceptors (Lipinski definition) is 2. The minimum atomic E-state index is -0.191. The number of amides is 1. The van der Waals surface area contributed by atoms with Crippen LogP contribution < -0.4 is 10.4 Å². The van der Waals surface area contributed by atoms with Crippen LogP contribution in [0.1, 0.15) is 10.4 Å². The fourth-order valence-corrected chi connectivity index (χ4v) is 1.81. The first kappa shape index (κ1) is 13.6. The van der Waals surface area contributed by atoms with Gasteiger partial charge in [0.25, 0.3) is 5.91 Å². The highest BCUT2D eigenvalue weighted by Crippen LogP contribution is 2.15. The number of thiol groups is 1. The summed E-state index contributed by atoms with van der Waals surface area (Å²) in [5.41, 5.74) is 4.05. The molecule has 0 heterocycles. The zero-order valence-electron chi connectivity index (χ0n) is 9.98. The van der Waals surface area contributed by atoms with E-state index in [1.807, 2.05) is 48.5 Å². The Hall–Kier alpha value is -1.85. The number of anilines is 1. The molecule has 1 amide bonds. The Kier molecular flexibility index (Phi) is 4.54. The molecule has 0 fully saturated rings. The van der Waals surface area contributed by atoms with Crippen molar-refractivity contribution in [1.82, 2.24) is 5.43 Å². The van der Waals surface area contributed by atoms with Crippen LogP contribution in [0.25, 0.3) is 0 Å². The second-order valence-electron chi connectivity index (χ2n) is 3.76. The van der Waals surface area contributed by atoms with Crippen molar-refractivity contribution in [3.63, 3.8) is 0 Å². The molecular weight excluding hydrogens is 276 g/mol. The summed E-state index contributed by atoms with van der Waals surface area (Å²) in [6.45, 7) is 0. The van der Waals surface area contributed by atoms with E-state index in [2.05, 4.69) is 18.1 Å². The Balaban J connectivity index is 2.33. The van der Waals surface area contributed by atoms with Crippen molar-refractivity contribution in [3.05, 3.63) is 66.2 Å². The Morgan fingerprint density at radius 2 is 1.53 bits per heavy atom. The van der Waals surface area contributed by atoms with Gasteiger partial charge in [-0.1, -0.05) is 48.6 Å². The summed E-state index contributed by atoms with van der Waals surface area (Å²) in [6, 6.07) is 18.2. The number of carbonyl (C=O) groups excluding carboxylic acids is 1. The van der Waals surface area contributed by atoms with Crippen molar-refractivity contribution in [2.45, 2.75) is 0 Å². The number of carbonyl (C=O) groups is 1. The van der Waals surface area contributed by atoms with Gasteiger partial charge in [0.1, 0.15) is 4.32 Å². The Bertz CT molecular complexity index is 573. The van der Waals surface area contributed by atoms with E-state index in [0.29, 0.717) is 11.3 Å². The Labute approximate surface area is 122 Å². The number of hydrazine groups is 1. The first-order valence-corrected chi connectivity index (χ1v) is 6.48. The van der Waals surface area contributed by atoms with Crippen LogP contribution in [0.2, 0.25) is 0 Å². The zero-order valence-corrected chi connectivity index (χ0v) is 11.7. The largest absolute Gasteiger partial charge is 0.276 e. The van der Waals surface area contributed by atoms with Crippen LogP contribution in [-0.2, 0) is 0 Å². The van der Waals surface area contributed by atoms with Gasteiger partial charge in [0.05, 0.1) is 5.69 Å². The highest BCUT2D eigenvalue weighted by Gasteiger charge is 2.17. The summed E-state index contributed by atoms with van der Waals surface area (Å²) < 4.78 is 0.230. The molecule has 3 nitrogen and oxygen atoms in total. The fraction of sp³-hybridized carbons (Fsp3) is 0. The van der Waals surface area contributed by atoms with Crippen LogP contribution in [0, 0.1) is 0 Å². The standard InChI is InChI=1S/C14H12N2OS2/c17-13(11-7-3-1-4-8-11)16(15-14(18)19)12-9-5-2-6-10-12/h1-10H,(H2,15,18,19). The quantitative estimate of drug-likeness (QED) is 0.506. The molecule has 0 saturated heterocycles. The molecule has 0 aliphatic carbocycles. The number of rotatable bonds is 2. The molecule has 1 N–H and O–H groups in total. The smallest absolute Gasteiger partial charge is 0.275 e.